The van der Waals surface area contributed by atoms with E-state index in [0.717, 1.165) is 21.3 Å². The highest BCUT2D eigenvalue weighted by molar-refractivity contribution is 9.10. The molecule has 0 aliphatic rings. The summed E-state index contributed by atoms with van der Waals surface area (Å²) in [5.41, 5.74) is 7.66. The van der Waals surface area contributed by atoms with Crippen LogP contribution >= 0.6 is 15.9 Å². The van der Waals surface area contributed by atoms with Crippen LogP contribution in [-0.4, -0.2) is 11.1 Å². The average Bonchev–Trinajstić information content (AvgIpc) is 2.46. The largest absolute Gasteiger partial charge is 0.489 e. The van der Waals surface area contributed by atoms with E-state index < -0.39 is 12.0 Å². The van der Waals surface area contributed by atoms with Crippen LogP contribution in [0.3, 0.4) is 0 Å². The highest BCUT2D eigenvalue weighted by atomic mass is 79.9. The lowest BCUT2D eigenvalue weighted by Crippen LogP contribution is -2.14. The Bertz CT molecular complexity index is 596. The van der Waals surface area contributed by atoms with Crippen LogP contribution in [-0.2, 0) is 11.4 Å². The first-order chi connectivity index (χ1) is 10.0. The summed E-state index contributed by atoms with van der Waals surface area (Å²) in [5, 5.41) is 8.72. The second-order valence-corrected chi connectivity index (χ2v) is 5.60. The van der Waals surface area contributed by atoms with Gasteiger partial charge in [-0.1, -0.05) is 40.2 Å². The highest BCUT2D eigenvalue weighted by Crippen LogP contribution is 2.20. The fraction of sp³-hybridized carbons (Fsp3) is 0.188. The molecule has 0 bridgehead atoms. The first-order valence-corrected chi connectivity index (χ1v) is 7.28. The van der Waals surface area contributed by atoms with Gasteiger partial charge in [0.2, 0.25) is 0 Å². The molecule has 0 saturated heterocycles. The molecular weight excluding hydrogens is 334 g/mol. The number of aliphatic carboxylic acids is 1. The van der Waals surface area contributed by atoms with Crippen LogP contribution < -0.4 is 10.5 Å². The van der Waals surface area contributed by atoms with Crippen LogP contribution in [0.2, 0.25) is 0 Å². The van der Waals surface area contributed by atoms with Crippen molar-refractivity contribution in [3.8, 4) is 5.75 Å². The number of nitrogens with two attached hydrogens (primary N) is 1. The molecule has 5 heteroatoms. The van der Waals surface area contributed by atoms with E-state index in [-0.39, 0.29) is 6.42 Å². The average molecular weight is 350 g/mol. The molecule has 0 spiro atoms. The maximum Gasteiger partial charge on any atom is 0.305 e. The smallest absolute Gasteiger partial charge is 0.305 e. The van der Waals surface area contributed by atoms with E-state index in [2.05, 4.69) is 15.9 Å². The predicted molar refractivity (Wildman–Crippen MR) is 84.1 cm³/mol. The van der Waals surface area contributed by atoms with Gasteiger partial charge < -0.3 is 15.6 Å². The van der Waals surface area contributed by atoms with E-state index in [1.165, 1.54) is 0 Å². The molecule has 0 saturated carbocycles. The van der Waals surface area contributed by atoms with E-state index >= 15 is 0 Å². The number of ether oxygens (including phenoxy) is 1. The first-order valence-electron chi connectivity index (χ1n) is 6.49. The Kier molecular flexibility index (Phi) is 5.36. The van der Waals surface area contributed by atoms with Crippen molar-refractivity contribution >= 4 is 21.9 Å². The van der Waals surface area contributed by atoms with Crippen LogP contribution in [0, 0.1) is 0 Å². The molecule has 2 aromatic rings. The minimum atomic E-state index is -0.905. The highest BCUT2D eigenvalue weighted by Gasteiger charge is 2.10. The lowest BCUT2D eigenvalue weighted by Gasteiger charge is -2.11. The molecule has 110 valence electrons. The van der Waals surface area contributed by atoms with Crippen LogP contribution in [0.15, 0.2) is 53.0 Å². The molecule has 2 rings (SSSR count). The normalized spacial score (nSPS) is 11.9. The Labute approximate surface area is 131 Å². The van der Waals surface area contributed by atoms with Crippen LogP contribution in [0.5, 0.6) is 5.75 Å². The summed E-state index contributed by atoms with van der Waals surface area (Å²) in [5.74, 6) is -0.178. The van der Waals surface area contributed by atoms with Gasteiger partial charge in [0.15, 0.2) is 0 Å². The van der Waals surface area contributed by atoms with Crippen LogP contribution in [0.4, 0.5) is 0 Å². The van der Waals surface area contributed by atoms with Crippen molar-refractivity contribution in [3.05, 3.63) is 64.1 Å². The van der Waals surface area contributed by atoms with Gasteiger partial charge in [-0.3, -0.25) is 4.79 Å². The number of benzene rings is 2. The topological polar surface area (TPSA) is 72.6 Å². The molecule has 21 heavy (non-hydrogen) atoms. The fourth-order valence-electron chi connectivity index (χ4n) is 1.86. The zero-order chi connectivity index (χ0) is 15.2. The van der Waals surface area contributed by atoms with Gasteiger partial charge in [-0.15, -0.1) is 0 Å². The third kappa shape index (κ3) is 4.88. The number of carboxylic acid groups (broad SMARTS) is 1. The number of halogens is 1. The monoisotopic (exact) mass is 349 g/mol. The standard InChI is InChI=1S/C16H16BrNO3/c17-13-5-1-11(2-6-13)10-21-14-7-3-12(4-8-14)15(18)9-16(19)20/h1-8,15H,9-10,18H2,(H,19,20). The lowest BCUT2D eigenvalue weighted by atomic mass is 10.0. The maximum absolute atomic E-state index is 10.6. The number of hydrogen-bond acceptors (Lipinski definition) is 3. The third-order valence-electron chi connectivity index (χ3n) is 3.02. The third-order valence-corrected chi connectivity index (χ3v) is 3.55. The Hall–Kier alpha value is -1.85. The molecule has 1 unspecified atom stereocenters. The van der Waals surface area contributed by atoms with Gasteiger partial charge in [0, 0.05) is 10.5 Å². The fourth-order valence-corrected chi connectivity index (χ4v) is 2.13. The van der Waals surface area contributed by atoms with Crippen molar-refractivity contribution < 1.29 is 14.6 Å². The predicted octanol–water partition coefficient (Wildman–Crippen LogP) is 3.50. The zero-order valence-electron chi connectivity index (χ0n) is 11.3. The summed E-state index contributed by atoms with van der Waals surface area (Å²) in [4.78, 5) is 10.6. The van der Waals surface area contributed by atoms with Gasteiger partial charge in [-0.05, 0) is 35.4 Å². The number of rotatable bonds is 6. The van der Waals surface area contributed by atoms with Gasteiger partial charge >= 0.3 is 5.97 Å². The van der Waals surface area contributed by atoms with Gasteiger partial charge in [0.25, 0.3) is 0 Å². The minimum absolute atomic E-state index is 0.0842. The van der Waals surface area contributed by atoms with Crippen molar-refractivity contribution in [2.45, 2.75) is 19.1 Å². The van der Waals surface area contributed by atoms with E-state index in [0.29, 0.717) is 6.61 Å². The molecule has 1 atom stereocenters. The summed E-state index contributed by atoms with van der Waals surface area (Å²) in [7, 11) is 0. The molecule has 2 aromatic carbocycles. The molecule has 0 aliphatic carbocycles. The van der Waals surface area contributed by atoms with E-state index in [1.54, 1.807) is 24.3 Å². The van der Waals surface area contributed by atoms with Gasteiger partial charge in [0.05, 0.1) is 6.42 Å². The molecule has 3 N–H and O–H groups in total. The summed E-state index contributed by atoms with van der Waals surface area (Å²) in [6.07, 6.45) is -0.0842. The number of carboxylic acids is 1. The summed E-state index contributed by atoms with van der Waals surface area (Å²) in [6, 6.07) is 14.6. The minimum Gasteiger partial charge on any atom is -0.489 e. The second kappa shape index (κ2) is 7.24. The Morgan fingerprint density at radius 3 is 2.33 bits per heavy atom. The lowest BCUT2D eigenvalue weighted by molar-refractivity contribution is -0.137. The van der Waals surface area contributed by atoms with Gasteiger partial charge in [0.1, 0.15) is 12.4 Å². The quantitative estimate of drug-likeness (QED) is 0.836. The molecule has 0 aliphatic heterocycles. The first kappa shape index (κ1) is 15.5. The number of carbonyl (C=O) groups is 1. The second-order valence-electron chi connectivity index (χ2n) is 4.69. The van der Waals surface area contributed by atoms with Gasteiger partial charge in [-0.25, -0.2) is 0 Å². The van der Waals surface area contributed by atoms with Crippen molar-refractivity contribution in [1.82, 2.24) is 0 Å². The molecule has 0 amide bonds. The van der Waals surface area contributed by atoms with Crippen LogP contribution in [0.1, 0.15) is 23.6 Å². The van der Waals surface area contributed by atoms with Crippen molar-refractivity contribution in [2.75, 3.05) is 0 Å². The molecular formula is C16H16BrNO3. The van der Waals surface area contributed by atoms with E-state index in [9.17, 15) is 4.79 Å². The molecule has 0 heterocycles. The molecule has 0 aromatic heterocycles. The maximum atomic E-state index is 10.6. The van der Waals surface area contributed by atoms with Crippen molar-refractivity contribution in [3.63, 3.8) is 0 Å². The summed E-state index contributed by atoms with van der Waals surface area (Å²) >= 11 is 3.39. The van der Waals surface area contributed by atoms with Crippen molar-refractivity contribution in [1.29, 1.82) is 0 Å². The molecule has 0 radical (unpaired) electrons. The SMILES string of the molecule is NC(CC(=O)O)c1ccc(OCc2ccc(Br)cc2)cc1. The summed E-state index contributed by atoms with van der Waals surface area (Å²) < 4.78 is 6.71. The van der Waals surface area contributed by atoms with Gasteiger partial charge in [-0.2, -0.15) is 0 Å². The Morgan fingerprint density at radius 2 is 1.76 bits per heavy atom. The van der Waals surface area contributed by atoms with E-state index in [1.807, 2.05) is 24.3 Å². The number of hydrogen-bond donors (Lipinski definition) is 2. The zero-order valence-corrected chi connectivity index (χ0v) is 12.9. The molecule has 4 nitrogen and oxygen atoms in total. The van der Waals surface area contributed by atoms with Crippen LogP contribution in [0.25, 0.3) is 0 Å². The van der Waals surface area contributed by atoms with Crippen molar-refractivity contribution in [2.24, 2.45) is 5.73 Å². The Morgan fingerprint density at radius 1 is 1.14 bits per heavy atom. The molecule has 0 fully saturated rings. The Balaban J connectivity index is 1.93. The van der Waals surface area contributed by atoms with E-state index in [4.69, 9.17) is 15.6 Å². The summed E-state index contributed by atoms with van der Waals surface area (Å²) in [6.45, 7) is 0.480.